The lowest BCUT2D eigenvalue weighted by atomic mass is 10.1. The van der Waals surface area contributed by atoms with Gasteiger partial charge in [0.1, 0.15) is 5.82 Å². The largest absolute Gasteiger partial charge is 0.370 e. The molecular weight excluding hydrogens is 215 g/mol. The molecule has 1 aromatic carbocycles. The van der Waals surface area contributed by atoms with Crippen LogP contribution in [0, 0.1) is 12.7 Å². The predicted molar refractivity (Wildman–Crippen MR) is 70.0 cm³/mol. The summed E-state index contributed by atoms with van der Waals surface area (Å²) in [5, 5.41) is 3.55. The average Bonchev–Trinajstić information content (AvgIpc) is 2.54. The molecule has 1 unspecified atom stereocenters. The normalized spacial score (nSPS) is 21.4. The summed E-state index contributed by atoms with van der Waals surface area (Å²) in [6.07, 6.45) is 2.28. The van der Waals surface area contributed by atoms with Gasteiger partial charge >= 0.3 is 0 Å². The Morgan fingerprint density at radius 3 is 3.00 bits per heavy atom. The molecule has 1 fully saturated rings. The minimum absolute atomic E-state index is 0.147. The Kier molecular flexibility index (Phi) is 4.00. The van der Waals surface area contributed by atoms with E-state index in [0.717, 1.165) is 38.0 Å². The maximum absolute atomic E-state index is 13.1. The Labute approximate surface area is 103 Å². The molecule has 0 saturated carbocycles. The number of benzene rings is 1. The molecular formula is C14H21FN2. The van der Waals surface area contributed by atoms with Gasteiger partial charge in [-0.2, -0.15) is 0 Å². The summed E-state index contributed by atoms with van der Waals surface area (Å²) in [4.78, 5) is 2.38. The number of rotatable bonds is 2. The Hall–Kier alpha value is -1.09. The van der Waals surface area contributed by atoms with Crippen LogP contribution < -0.4 is 10.2 Å². The lowest BCUT2D eigenvalue weighted by Gasteiger charge is -2.27. The molecule has 2 nitrogen and oxygen atoms in total. The van der Waals surface area contributed by atoms with Crippen LogP contribution in [0.25, 0.3) is 0 Å². The van der Waals surface area contributed by atoms with E-state index in [4.69, 9.17) is 0 Å². The summed E-state index contributed by atoms with van der Waals surface area (Å²) in [5.74, 6) is -0.147. The maximum atomic E-state index is 13.1. The predicted octanol–water partition coefficient (Wildman–Crippen LogP) is 2.71. The fourth-order valence-electron chi connectivity index (χ4n) is 2.46. The third-order valence-electron chi connectivity index (χ3n) is 3.47. The first-order valence-corrected chi connectivity index (χ1v) is 6.45. The van der Waals surface area contributed by atoms with Crippen molar-refractivity contribution >= 4 is 5.69 Å². The van der Waals surface area contributed by atoms with Gasteiger partial charge < -0.3 is 10.2 Å². The lowest BCUT2D eigenvalue weighted by Crippen LogP contribution is -2.37. The minimum Gasteiger partial charge on any atom is -0.370 e. The van der Waals surface area contributed by atoms with Crippen LogP contribution in [0.15, 0.2) is 18.2 Å². The van der Waals surface area contributed by atoms with Crippen LogP contribution in [0.2, 0.25) is 0 Å². The molecule has 17 heavy (non-hydrogen) atoms. The van der Waals surface area contributed by atoms with Gasteiger partial charge in [-0.25, -0.2) is 4.39 Å². The van der Waals surface area contributed by atoms with Crippen LogP contribution in [0.4, 0.5) is 10.1 Å². The van der Waals surface area contributed by atoms with E-state index < -0.39 is 0 Å². The summed E-state index contributed by atoms with van der Waals surface area (Å²) >= 11 is 0. The van der Waals surface area contributed by atoms with Crippen molar-refractivity contribution < 1.29 is 4.39 Å². The van der Waals surface area contributed by atoms with E-state index in [-0.39, 0.29) is 5.82 Å². The van der Waals surface area contributed by atoms with Crippen LogP contribution in [-0.4, -0.2) is 25.7 Å². The monoisotopic (exact) mass is 236 g/mol. The quantitative estimate of drug-likeness (QED) is 0.849. The zero-order valence-electron chi connectivity index (χ0n) is 10.7. The van der Waals surface area contributed by atoms with Crippen LogP contribution in [-0.2, 0) is 0 Å². The van der Waals surface area contributed by atoms with E-state index in [9.17, 15) is 4.39 Å². The molecule has 1 heterocycles. The molecule has 0 bridgehead atoms. The average molecular weight is 236 g/mol. The van der Waals surface area contributed by atoms with E-state index in [0.29, 0.717) is 6.04 Å². The molecule has 1 saturated heterocycles. The third-order valence-corrected chi connectivity index (χ3v) is 3.47. The van der Waals surface area contributed by atoms with Crippen LogP contribution in [0.3, 0.4) is 0 Å². The number of aryl methyl sites for hydroxylation is 1. The van der Waals surface area contributed by atoms with Crippen LogP contribution in [0.5, 0.6) is 0 Å². The second kappa shape index (κ2) is 5.50. The number of nitrogens with one attached hydrogen (secondary N) is 1. The third kappa shape index (κ3) is 2.97. The molecule has 1 aromatic rings. The zero-order chi connectivity index (χ0) is 12.3. The van der Waals surface area contributed by atoms with Crippen LogP contribution >= 0.6 is 0 Å². The van der Waals surface area contributed by atoms with Gasteiger partial charge in [0.05, 0.1) is 0 Å². The number of halogens is 1. The molecule has 3 heteroatoms. The van der Waals surface area contributed by atoms with Gasteiger partial charge in [-0.3, -0.25) is 0 Å². The first-order chi connectivity index (χ1) is 8.20. The van der Waals surface area contributed by atoms with E-state index in [1.807, 2.05) is 13.0 Å². The fraction of sp³-hybridized carbons (Fsp3) is 0.571. The molecule has 0 aromatic heterocycles. The second-order valence-corrected chi connectivity index (χ2v) is 4.79. The van der Waals surface area contributed by atoms with Crippen LogP contribution in [0.1, 0.15) is 25.3 Å². The topological polar surface area (TPSA) is 15.3 Å². The van der Waals surface area contributed by atoms with Gasteiger partial charge in [0.15, 0.2) is 0 Å². The highest BCUT2D eigenvalue weighted by Crippen LogP contribution is 2.22. The van der Waals surface area contributed by atoms with Crippen molar-refractivity contribution in [2.45, 2.75) is 32.7 Å². The van der Waals surface area contributed by atoms with E-state index in [1.54, 1.807) is 12.1 Å². The van der Waals surface area contributed by atoms with E-state index in [2.05, 4.69) is 17.1 Å². The molecule has 0 radical (unpaired) electrons. The molecule has 1 aliphatic rings. The summed E-state index contributed by atoms with van der Waals surface area (Å²) in [7, 11) is 0. The van der Waals surface area contributed by atoms with Gasteiger partial charge in [0, 0.05) is 24.8 Å². The molecule has 2 rings (SSSR count). The summed E-state index contributed by atoms with van der Waals surface area (Å²) in [5.41, 5.74) is 2.20. The number of hydrogen-bond donors (Lipinski definition) is 1. The van der Waals surface area contributed by atoms with Gasteiger partial charge in [-0.05, 0) is 50.1 Å². The molecule has 0 spiro atoms. The van der Waals surface area contributed by atoms with Crippen molar-refractivity contribution in [2.24, 2.45) is 0 Å². The van der Waals surface area contributed by atoms with Crippen molar-refractivity contribution in [3.05, 3.63) is 29.6 Å². The Bertz CT molecular complexity index is 378. The Morgan fingerprint density at radius 2 is 2.29 bits per heavy atom. The van der Waals surface area contributed by atoms with Gasteiger partial charge in [-0.1, -0.05) is 6.92 Å². The Morgan fingerprint density at radius 1 is 1.47 bits per heavy atom. The molecule has 0 amide bonds. The zero-order valence-corrected chi connectivity index (χ0v) is 10.7. The standard InChI is InChI=1S/C14H21FN2/c1-3-13-10-17(8-4-7-16-13)14-6-5-12(15)9-11(14)2/h5-6,9,13,16H,3-4,7-8,10H2,1-2H3. The first kappa shape index (κ1) is 12.4. The first-order valence-electron chi connectivity index (χ1n) is 6.45. The fourth-order valence-corrected chi connectivity index (χ4v) is 2.46. The molecule has 0 aliphatic carbocycles. The number of nitrogens with zero attached hydrogens (tertiary/aromatic N) is 1. The molecule has 94 valence electrons. The van der Waals surface area contributed by atoms with Crippen molar-refractivity contribution in [3.8, 4) is 0 Å². The molecule has 1 atom stereocenters. The summed E-state index contributed by atoms with van der Waals surface area (Å²) < 4.78 is 13.1. The van der Waals surface area contributed by atoms with Crippen molar-refractivity contribution in [1.29, 1.82) is 0 Å². The summed E-state index contributed by atoms with van der Waals surface area (Å²) in [6.45, 7) is 7.34. The van der Waals surface area contributed by atoms with Crippen molar-refractivity contribution in [2.75, 3.05) is 24.5 Å². The Balaban J connectivity index is 2.19. The minimum atomic E-state index is -0.147. The van der Waals surface area contributed by atoms with E-state index in [1.165, 1.54) is 5.69 Å². The SMILES string of the molecule is CCC1CN(c2ccc(F)cc2C)CCCN1. The van der Waals surface area contributed by atoms with E-state index >= 15 is 0 Å². The summed E-state index contributed by atoms with van der Waals surface area (Å²) in [6, 6.07) is 5.63. The highest BCUT2D eigenvalue weighted by Gasteiger charge is 2.17. The molecule has 1 aliphatic heterocycles. The highest BCUT2D eigenvalue weighted by atomic mass is 19.1. The highest BCUT2D eigenvalue weighted by molar-refractivity contribution is 5.53. The van der Waals surface area contributed by atoms with Crippen molar-refractivity contribution in [3.63, 3.8) is 0 Å². The lowest BCUT2D eigenvalue weighted by molar-refractivity contribution is 0.528. The van der Waals surface area contributed by atoms with Gasteiger partial charge in [-0.15, -0.1) is 0 Å². The van der Waals surface area contributed by atoms with Crippen molar-refractivity contribution in [1.82, 2.24) is 5.32 Å². The maximum Gasteiger partial charge on any atom is 0.123 e. The van der Waals surface area contributed by atoms with Gasteiger partial charge in [0.25, 0.3) is 0 Å². The number of anilines is 1. The smallest absolute Gasteiger partial charge is 0.123 e. The number of hydrogen-bond acceptors (Lipinski definition) is 2. The second-order valence-electron chi connectivity index (χ2n) is 4.79. The molecule has 1 N–H and O–H groups in total. The van der Waals surface area contributed by atoms with Gasteiger partial charge in [0.2, 0.25) is 0 Å².